The van der Waals surface area contributed by atoms with E-state index in [0.717, 1.165) is 4.31 Å². The molecular weight excluding hydrogens is 366 g/mol. The summed E-state index contributed by atoms with van der Waals surface area (Å²) in [5, 5.41) is 4.90. The van der Waals surface area contributed by atoms with Crippen molar-refractivity contribution in [1.29, 1.82) is 0 Å². The summed E-state index contributed by atoms with van der Waals surface area (Å²) in [5.74, 6) is -0.179. The van der Waals surface area contributed by atoms with Crippen molar-refractivity contribution in [2.75, 3.05) is 15.0 Å². The van der Waals surface area contributed by atoms with Crippen LogP contribution in [0.4, 0.5) is 16.5 Å². The van der Waals surface area contributed by atoms with Crippen LogP contribution in [0.1, 0.15) is 0 Å². The van der Waals surface area contributed by atoms with Crippen molar-refractivity contribution in [2.24, 2.45) is 0 Å². The van der Waals surface area contributed by atoms with Gasteiger partial charge < -0.3 is 9.87 Å². The summed E-state index contributed by atoms with van der Waals surface area (Å²) in [7, 11) is 0. The van der Waals surface area contributed by atoms with Gasteiger partial charge in [0.15, 0.2) is 0 Å². The number of carbonyl (C=O) groups excluding carboxylic acids is 1. The normalized spacial score (nSPS) is 11.9. The third-order valence-electron chi connectivity index (χ3n) is 2.25. The highest BCUT2D eigenvalue weighted by Gasteiger charge is 2.12. The van der Waals surface area contributed by atoms with Gasteiger partial charge in [0.25, 0.3) is 0 Å². The highest BCUT2D eigenvalue weighted by Crippen LogP contribution is 2.29. The molecule has 1 unspecified atom stereocenters. The van der Waals surface area contributed by atoms with Gasteiger partial charge in [-0.3, -0.25) is 9.00 Å². The van der Waals surface area contributed by atoms with Crippen LogP contribution in [0.25, 0.3) is 0 Å². The van der Waals surface area contributed by atoms with Crippen molar-refractivity contribution in [1.82, 2.24) is 4.98 Å². The Morgan fingerprint density at radius 2 is 2.15 bits per heavy atom. The molecule has 1 aromatic carbocycles. The number of rotatable bonds is 5. The van der Waals surface area contributed by atoms with Crippen LogP contribution in [0, 0.1) is 0 Å². The minimum absolute atomic E-state index is 0.179. The van der Waals surface area contributed by atoms with Crippen molar-refractivity contribution in [3.63, 3.8) is 0 Å². The third kappa shape index (κ3) is 3.63. The van der Waals surface area contributed by atoms with Crippen LogP contribution in [0.15, 0.2) is 35.8 Å². The molecule has 0 saturated carbocycles. The quantitative estimate of drug-likeness (QED) is 0.643. The number of anilines is 3. The average Bonchev–Trinajstić information content (AvgIpc) is 2.94. The van der Waals surface area contributed by atoms with E-state index in [1.54, 1.807) is 29.6 Å². The maximum absolute atomic E-state index is 11.3. The second-order valence-corrected chi connectivity index (χ2v) is 5.79. The minimum Gasteiger partial charge on any atom is -0.755 e. The Morgan fingerprint density at radius 1 is 1.45 bits per heavy atom. The molecule has 9 heteroatoms. The van der Waals surface area contributed by atoms with Crippen LogP contribution in [-0.4, -0.2) is 25.0 Å². The highest BCUT2D eigenvalue weighted by molar-refractivity contribution is 9.09. The fourth-order valence-corrected chi connectivity index (χ4v) is 2.94. The van der Waals surface area contributed by atoms with Gasteiger partial charge in [-0.1, -0.05) is 15.9 Å². The topological polar surface area (TPSA) is 85.4 Å². The summed E-state index contributed by atoms with van der Waals surface area (Å²) in [5.41, 5.74) is 1.04. The summed E-state index contributed by atoms with van der Waals surface area (Å²) >= 11 is 1.80. The van der Waals surface area contributed by atoms with Crippen molar-refractivity contribution in [3.05, 3.63) is 35.8 Å². The SMILES string of the molecule is O=C(CBr)Nc1ccc(N(c2nccs2)S(=O)[O-])cc1. The number of nitrogens with one attached hydrogen (secondary N) is 1. The van der Waals surface area contributed by atoms with Gasteiger partial charge in [0.05, 0.1) is 22.3 Å². The molecule has 20 heavy (non-hydrogen) atoms. The van der Waals surface area contributed by atoms with E-state index in [-0.39, 0.29) is 11.2 Å². The van der Waals surface area contributed by atoms with Gasteiger partial charge in [0.2, 0.25) is 11.0 Å². The molecule has 0 saturated heterocycles. The van der Waals surface area contributed by atoms with E-state index in [1.807, 2.05) is 0 Å². The second kappa shape index (κ2) is 6.93. The van der Waals surface area contributed by atoms with Gasteiger partial charge in [-0.15, -0.1) is 11.3 Å². The predicted molar refractivity (Wildman–Crippen MR) is 82.0 cm³/mol. The zero-order valence-corrected chi connectivity index (χ0v) is 13.2. The fourth-order valence-electron chi connectivity index (χ4n) is 1.45. The minimum atomic E-state index is -2.47. The van der Waals surface area contributed by atoms with E-state index >= 15 is 0 Å². The van der Waals surface area contributed by atoms with E-state index < -0.39 is 11.3 Å². The Kier molecular flexibility index (Phi) is 5.24. The Morgan fingerprint density at radius 3 is 2.65 bits per heavy atom. The molecular formula is C11H9BrN3O3S2-. The zero-order valence-electron chi connectivity index (χ0n) is 9.98. The number of halogens is 1. The van der Waals surface area contributed by atoms with E-state index in [9.17, 15) is 13.6 Å². The van der Waals surface area contributed by atoms with Crippen molar-refractivity contribution < 1.29 is 13.6 Å². The first-order valence-electron chi connectivity index (χ1n) is 5.36. The Labute approximate surface area is 130 Å². The number of hydrogen-bond acceptors (Lipinski definition) is 5. The summed E-state index contributed by atoms with van der Waals surface area (Å²) in [6.07, 6.45) is 1.53. The number of amides is 1. The molecule has 1 atom stereocenters. The Hall–Kier alpha value is -1.29. The van der Waals surface area contributed by atoms with Gasteiger partial charge in [-0.2, -0.15) is 0 Å². The molecule has 106 valence electrons. The molecule has 0 aliphatic heterocycles. The van der Waals surface area contributed by atoms with Crippen LogP contribution in [0.2, 0.25) is 0 Å². The lowest BCUT2D eigenvalue weighted by Crippen LogP contribution is -2.19. The first-order valence-corrected chi connectivity index (χ1v) is 8.40. The second-order valence-electron chi connectivity index (χ2n) is 3.55. The third-order valence-corrected chi connectivity index (χ3v) is 4.31. The maximum atomic E-state index is 11.3. The number of alkyl halides is 1. The van der Waals surface area contributed by atoms with Gasteiger partial charge in [0, 0.05) is 17.3 Å². The number of aromatic nitrogens is 1. The largest absolute Gasteiger partial charge is 0.755 e. The van der Waals surface area contributed by atoms with Crippen molar-refractivity contribution in [3.8, 4) is 0 Å². The molecule has 0 radical (unpaired) electrons. The molecule has 2 rings (SSSR count). The number of nitrogens with zero attached hydrogens (tertiary/aromatic N) is 2. The molecule has 0 fully saturated rings. The monoisotopic (exact) mass is 374 g/mol. The van der Waals surface area contributed by atoms with Gasteiger partial charge in [-0.25, -0.2) is 9.29 Å². The summed E-state index contributed by atoms with van der Waals surface area (Å²) in [6, 6.07) is 6.45. The molecule has 1 heterocycles. The standard InChI is InChI=1S/C11H10BrN3O3S2/c12-7-10(16)14-8-1-3-9(4-2-8)15(20(17)18)11-13-5-6-19-11/h1-6H,7H2,(H,14,16)(H,17,18)/p-1. The molecule has 0 spiro atoms. The molecule has 1 amide bonds. The lowest BCUT2D eigenvalue weighted by atomic mass is 10.3. The summed E-state index contributed by atoms with van der Waals surface area (Å²) in [6.45, 7) is 0. The number of hydrogen-bond donors (Lipinski definition) is 1. The lowest BCUT2D eigenvalue weighted by molar-refractivity contribution is -0.113. The van der Waals surface area contributed by atoms with E-state index in [0.29, 0.717) is 16.5 Å². The average molecular weight is 375 g/mol. The zero-order chi connectivity index (χ0) is 14.5. The van der Waals surface area contributed by atoms with Crippen LogP contribution in [0.5, 0.6) is 0 Å². The molecule has 1 aromatic heterocycles. The first kappa shape index (κ1) is 15.1. The number of benzene rings is 1. The van der Waals surface area contributed by atoms with Gasteiger partial charge in [0.1, 0.15) is 0 Å². The summed E-state index contributed by atoms with van der Waals surface area (Å²) < 4.78 is 23.7. The molecule has 1 N–H and O–H groups in total. The van der Waals surface area contributed by atoms with Gasteiger partial charge in [-0.05, 0) is 24.3 Å². The molecule has 0 aliphatic carbocycles. The van der Waals surface area contributed by atoms with E-state index in [4.69, 9.17) is 0 Å². The fraction of sp³-hybridized carbons (Fsp3) is 0.0909. The molecule has 6 nitrogen and oxygen atoms in total. The molecule has 0 aliphatic rings. The number of carbonyl (C=O) groups is 1. The Balaban J connectivity index is 2.23. The smallest absolute Gasteiger partial charge is 0.235 e. The van der Waals surface area contributed by atoms with E-state index in [1.165, 1.54) is 17.5 Å². The molecule has 0 bridgehead atoms. The van der Waals surface area contributed by atoms with Crippen molar-refractivity contribution >= 4 is 60.9 Å². The van der Waals surface area contributed by atoms with Crippen LogP contribution >= 0.6 is 27.3 Å². The Bertz CT molecular complexity index is 604. The number of thiazole rings is 1. The van der Waals surface area contributed by atoms with Crippen LogP contribution in [-0.2, 0) is 16.1 Å². The predicted octanol–water partition coefficient (Wildman–Crippen LogP) is 2.41. The summed E-state index contributed by atoms with van der Waals surface area (Å²) in [4.78, 5) is 15.2. The van der Waals surface area contributed by atoms with Crippen LogP contribution in [0.3, 0.4) is 0 Å². The van der Waals surface area contributed by atoms with Crippen LogP contribution < -0.4 is 9.62 Å². The lowest BCUT2D eigenvalue weighted by Gasteiger charge is -2.23. The van der Waals surface area contributed by atoms with E-state index in [2.05, 4.69) is 26.2 Å². The highest BCUT2D eigenvalue weighted by atomic mass is 79.9. The van der Waals surface area contributed by atoms with Gasteiger partial charge >= 0.3 is 0 Å². The van der Waals surface area contributed by atoms with Crippen molar-refractivity contribution in [2.45, 2.75) is 0 Å². The molecule has 2 aromatic rings. The maximum Gasteiger partial charge on any atom is 0.235 e. The first-order chi connectivity index (χ1) is 9.61.